The van der Waals surface area contributed by atoms with Gasteiger partial charge in [0.25, 0.3) is 5.91 Å². The van der Waals surface area contributed by atoms with Gasteiger partial charge in [-0.25, -0.2) is 4.98 Å². The Morgan fingerprint density at radius 1 is 1.23 bits per heavy atom. The molecule has 4 rings (SSSR count). The SMILES string of the molecule is CCOc1ccccc1C(=O)Nc1ccc(-c2cn3c(n2)SCC3)cc1. The summed E-state index contributed by atoms with van der Waals surface area (Å²) in [5, 5.41) is 4.00. The first-order chi connectivity index (χ1) is 12.7. The van der Waals surface area contributed by atoms with Gasteiger partial charge >= 0.3 is 0 Å². The summed E-state index contributed by atoms with van der Waals surface area (Å²) in [7, 11) is 0. The van der Waals surface area contributed by atoms with Gasteiger partial charge in [-0.3, -0.25) is 4.79 Å². The van der Waals surface area contributed by atoms with Crippen molar-refractivity contribution in [2.24, 2.45) is 0 Å². The number of anilines is 1. The van der Waals surface area contributed by atoms with Crippen LogP contribution in [0.2, 0.25) is 0 Å². The highest BCUT2D eigenvalue weighted by molar-refractivity contribution is 7.99. The summed E-state index contributed by atoms with van der Waals surface area (Å²) in [5.41, 5.74) is 3.28. The highest BCUT2D eigenvalue weighted by Gasteiger charge is 2.16. The summed E-state index contributed by atoms with van der Waals surface area (Å²) in [6.07, 6.45) is 2.08. The smallest absolute Gasteiger partial charge is 0.259 e. The molecule has 2 aromatic carbocycles. The number of para-hydroxylation sites is 1. The van der Waals surface area contributed by atoms with E-state index in [9.17, 15) is 4.79 Å². The van der Waals surface area contributed by atoms with Gasteiger partial charge in [0.15, 0.2) is 5.16 Å². The van der Waals surface area contributed by atoms with Crippen molar-refractivity contribution in [1.29, 1.82) is 0 Å². The van der Waals surface area contributed by atoms with Crippen LogP contribution in [0.1, 0.15) is 17.3 Å². The molecule has 0 aliphatic carbocycles. The molecule has 6 heteroatoms. The minimum absolute atomic E-state index is 0.181. The zero-order chi connectivity index (χ0) is 17.9. The molecule has 1 amide bonds. The van der Waals surface area contributed by atoms with Crippen molar-refractivity contribution >= 4 is 23.4 Å². The Bertz CT molecular complexity index is 913. The molecule has 5 nitrogen and oxygen atoms in total. The summed E-state index contributed by atoms with van der Waals surface area (Å²) < 4.78 is 7.71. The highest BCUT2D eigenvalue weighted by atomic mass is 32.2. The minimum Gasteiger partial charge on any atom is -0.493 e. The standard InChI is InChI=1S/C20H19N3O2S/c1-2-25-18-6-4-3-5-16(18)19(24)21-15-9-7-14(8-10-15)17-13-23-11-12-26-20(23)22-17/h3-10,13H,2,11-12H2,1H3,(H,21,24). The molecule has 2 heterocycles. The molecule has 0 bridgehead atoms. The summed E-state index contributed by atoms with van der Waals surface area (Å²) in [4.78, 5) is 17.2. The molecule has 0 unspecified atom stereocenters. The van der Waals surface area contributed by atoms with Crippen molar-refractivity contribution in [2.45, 2.75) is 18.6 Å². The summed E-state index contributed by atoms with van der Waals surface area (Å²) in [6, 6.07) is 15.0. The van der Waals surface area contributed by atoms with Gasteiger partial charge in [0.1, 0.15) is 5.75 Å². The molecule has 26 heavy (non-hydrogen) atoms. The number of carbonyl (C=O) groups is 1. The maximum atomic E-state index is 12.5. The molecule has 1 aromatic heterocycles. The number of amides is 1. The fourth-order valence-corrected chi connectivity index (χ4v) is 3.85. The van der Waals surface area contributed by atoms with Crippen LogP contribution in [0.3, 0.4) is 0 Å². The monoisotopic (exact) mass is 365 g/mol. The molecule has 1 aliphatic heterocycles. The van der Waals surface area contributed by atoms with Crippen LogP contribution in [0.5, 0.6) is 5.75 Å². The van der Waals surface area contributed by atoms with E-state index in [1.165, 1.54) is 0 Å². The molecule has 0 radical (unpaired) electrons. The Kier molecular flexibility index (Phi) is 4.67. The average Bonchev–Trinajstić information content (AvgIpc) is 3.25. The van der Waals surface area contributed by atoms with Crippen LogP contribution < -0.4 is 10.1 Å². The van der Waals surface area contributed by atoms with E-state index in [0.717, 1.165) is 34.4 Å². The molecule has 3 aromatic rings. The van der Waals surface area contributed by atoms with Crippen molar-refractivity contribution < 1.29 is 9.53 Å². The molecule has 132 valence electrons. The lowest BCUT2D eigenvalue weighted by molar-refractivity contribution is 0.102. The molecule has 0 fully saturated rings. The quantitative estimate of drug-likeness (QED) is 0.732. The van der Waals surface area contributed by atoms with E-state index in [2.05, 4.69) is 21.1 Å². The normalized spacial score (nSPS) is 12.7. The molecular formula is C20H19N3O2S. The Labute approximate surface area is 156 Å². The maximum absolute atomic E-state index is 12.5. The molecule has 0 spiro atoms. The van der Waals surface area contributed by atoms with Gasteiger partial charge in [-0.15, -0.1) is 0 Å². The van der Waals surface area contributed by atoms with Gasteiger partial charge in [-0.1, -0.05) is 36.0 Å². The number of ether oxygens (including phenoxy) is 1. The lowest BCUT2D eigenvalue weighted by Crippen LogP contribution is -2.13. The first kappa shape index (κ1) is 16.7. The van der Waals surface area contributed by atoms with Crippen LogP contribution in [0, 0.1) is 0 Å². The summed E-state index contributed by atoms with van der Waals surface area (Å²) >= 11 is 1.78. The lowest BCUT2D eigenvalue weighted by Gasteiger charge is -2.10. The van der Waals surface area contributed by atoms with Crippen molar-refractivity contribution in [2.75, 3.05) is 17.7 Å². The third kappa shape index (κ3) is 3.32. The van der Waals surface area contributed by atoms with Crippen molar-refractivity contribution in [3.63, 3.8) is 0 Å². The minimum atomic E-state index is -0.181. The number of imidazole rings is 1. The summed E-state index contributed by atoms with van der Waals surface area (Å²) in [6.45, 7) is 3.43. The first-order valence-electron chi connectivity index (χ1n) is 8.58. The van der Waals surface area contributed by atoms with E-state index in [1.54, 1.807) is 23.9 Å². The summed E-state index contributed by atoms with van der Waals surface area (Å²) in [5.74, 6) is 1.50. The van der Waals surface area contributed by atoms with Crippen LogP contribution in [0.25, 0.3) is 11.3 Å². The predicted molar refractivity (Wildman–Crippen MR) is 104 cm³/mol. The Hall–Kier alpha value is -2.73. The van der Waals surface area contributed by atoms with Gasteiger partial charge in [0, 0.05) is 29.7 Å². The van der Waals surface area contributed by atoms with Crippen molar-refractivity contribution in [3.8, 4) is 17.0 Å². The Balaban J connectivity index is 1.49. The number of benzene rings is 2. The zero-order valence-corrected chi connectivity index (χ0v) is 15.3. The number of fused-ring (bicyclic) bond motifs is 1. The number of hydrogen-bond donors (Lipinski definition) is 1. The first-order valence-corrected chi connectivity index (χ1v) is 9.57. The van der Waals surface area contributed by atoms with Crippen LogP contribution in [0.4, 0.5) is 5.69 Å². The van der Waals surface area contributed by atoms with Crippen LogP contribution in [-0.2, 0) is 6.54 Å². The van der Waals surface area contributed by atoms with Crippen molar-refractivity contribution in [1.82, 2.24) is 9.55 Å². The molecular weight excluding hydrogens is 346 g/mol. The van der Waals surface area contributed by atoms with Crippen LogP contribution in [-0.4, -0.2) is 27.8 Å². The highest BCUT2D eigenvalue weighted by Crippen LogP contribution is 2.29. The number of hydrogen-bond acceptors (Lipinski definition) is 4. The molecule has 0 saturated heterocycles. The topological polar surface area (TPSA) is 56.1 Å². The zero-order valence-electron chi connectivity index (χ0n) is 14.4. The second-order valence-electron chi connectivity index (χ2n) is 5.91. The fraction of sp³-hybridized carbons (Fsp3) is 0.200. The third-order valence-electron chi connectivity index (χ3n) is 4.17. The van der Waals surface area contributed by atoms with E-state index in [0.29, 0.717) is 17.9 Å². The van der Waals surface area contributed by atoms with Crippen LogP contribution >= 0.6 is 11.8 Å². The second kappa shape index (κ2) is 7.25. The lowest BCUT2D eigenvalue weighted by atomic mass is 10.1. The van der Waals surface area contributed by atoms with Gasteiger partial charge in [-0.05, 0) is 31.2 Å². The number of nitrogens with one attached hydrogen (secondary N) is 1. The molecule has 1 N–H and O–H groups in total. The number of carbonyl (C=O) groups excluding carboxylic acids is 1. The number of thioether (sulfide) groups is 1. The fourth-order valence-electron chi connectivity index (χ4n) is 2.91. The Morgan fingerprint density at radius 3 is 2.81 bits per heavy atom. The second-order valence-corrected chi connectivity index (χ2v) is 6.97. The Morgan fingerprint density at radius 2 is 2.04 bits per heavy atom. The van der Waals surface area contributed by atoms with E-state index < -0.39 is 0 Å². The van der Waals surface area contributed by atoms with E-state index in [4.69, 9.17) is 4.74 Å². The third-order valence-corrected chi connectivity index (χ3v) is 5.14. The molecule has 1 aliphatic rings. The number of aromatic nitrogens is 2. The maximum Gasteiger partial charge on any atom is 0.259 e. The van der Waals surface area contributed by atoms with Crippen LogP contribution in [0.15, 0.2) is 59.9 Å². The van der Waals surface area contributed by atoms with Gasteiger partial charge in [0.2, 0.25) is 0 Å². The molecule has 0 saturated carbocycles. The average molecular weight is 365 g/mol. The van der Waals surface area contributed by atoms with E-state index in [1.807, 2.05) is 43.3 Å². The van der Waals surface area contributed by atoms with E-state index in [-0.39, 0.29) is 5.91 Å². The number of nitrogens with zero attached hydrogens (tertiary/aromatic N) is 2. The number of aryl methyl sites for hydroxylation is 1. The predicted octanol–water partition coefficient (Wildman–Crippen LogP) is 4.31. The largest absolute Gasteiger partial charge is 0.493 e. The van der Waals surface area contributed by atoms with Gasteiger partial charge in [0.05, 0.1) is 17.9 Å². The number of rotatable bonds is 5. The molecule has 0 atom stereocenters. The van der Waals surface area contributed by atoms with Crippen molar-refractivity contribution in [3.05, 3.63) is 60.3 Å². The van der Waals surface area contributed by atoms with Gasteiger partial charge < -0.3 is 14.6 Å². The van der Waals surface area contributed by atoms with Gasteiger partial charge in [-0.2, -0.15) is 0 Å². The van der Waals surface area contributed by atoms with E-state index >= 15 is 0 Å².